The first-order valence-corrected chi connectivity index (χ1v) is 14.0. The Morgan fingerprint density at radius 3 is 2.41 bits per heavy atom. The minimum Gasteiger partial charge on any atom is -0.371 e. The molecular formula is C26H27ClN6O3S. The van der Waals surface area contributed by atoms with Crippen LogP contribution in [-0.4, -0.2) is 78.9 Å². The maximum Gasteiger partial charge on any atom is 0.252 e. The van der Waals surface area contributed by atoms with Gasteiger partial charge >= 0.3 is 0 Å². The summed E-state index contributed by atoms with van der Waals surface area (Å²) in [6, 6.07) is 16.3. The van der Waals surface area contributed by atoms with Crippen LogP contribution in [0.5, 0.6) is 0 Å². The molecule has 1 aromatic heterocycles. The number of hydrazine groups is 1. The van der Waals surface area contributed by atoms with Gasteiger partial charge in [-0.1, -0.05) is 23.7 Å². The highest BCUT2D eigenvalue weighted by Gasteiger charge is 2.38. The molecular weight excluding hydrogens is 512 g/mol. The van der Waals surface area contributed by atoms with Crippen LogP contribution in [0.25, 0.3) is 10.8 Å². The Balaban J connectivity index is 1.27. The summed E-state index contributed by atoms with van der Waals surface area (Å²) in [6.07, 6.45) is 5.11. The Bertz CT molecular complexity index is 1440. The Hall–Kier alpha value is -3.23. The summed E-state index contributed by atoms with van der Waals surface area (Å²) in [5, 5.41) is 15.1. The number of rotatable bonds is 6. The van der Waals surface area contributed by atoms with Crippen LogP contribution in [0.4, 0.5) is 5.69 Å². The molecule has 2 saturated heterocycles. The maximum atomic E-state index is 13.4. The number of piperidine rings is 1. The number of carbonyl (C=O) groups excluding carboxylic acids is 1. The second-order valence-electron chi connectivity index (χ2n) is 9.19. The molecule has 2 fully saturated rings. The zero-order valence-corrected chi connectivity index (χ0v) is 21.8. The van der Waals surface area contributed by atoms with Crippen molar-refractivity contribution in [2.45, 2.75) is 23.8 Å². The Morgan fingerprint density at radius 2 is 1.70 bits per heavy atom. The van der Waals surface area contributed by atoms with E-state index in [9.17, 15) is 18.5 Å². The average molecular weight is 539 g/mol. The summed E-state index contributed by atoms with van der Waals surface area (Å²) in [4.78, 5) is 19.7. The predicted octanol–water partition coefficient (Wildman–Crippen LogP) is 3.13. The van der Waals surface area contributed by atoms with Gasteiger partial charge in [-0.05, 0) is 60.0 Å². The molecule has 0 bridgehead atoms. The quantitative estimate of drug-likeness (QED) is 0.444. The monoisotopic (exact) mass is 538 g/mol. The molecule has 9 nitrogen and oxygen atoms in total. The Morgan fingerprint density at radius 1 is 1.00 bits per heavy atom. The number of hydrogen-bond acceptors (Lipinski definition) is 7. The van der Waals surface area contributed by atoms with Gasteiger partial charge in [0.05, 0.1) is 24.1 Å². The number of carbonyl (C=O) groups is 1. The minimum absolute atomic E-state index is 0.0251. The second-order valence-corrected chi connectivity index (χ2v) is 11.6. The van der Waals surface area contributed by atoms with Gasteiger partial charge in [-0.2, -0.15) is 9.57 Å². The number of anilines is 1. The van der Waals surface area contributed by atoms with Crippen molar-refractivity contribution in [3.8, 4) is 6.07 Å². The molecule has 0 radical (unpaired) electrons. The molecule has 2 aromatic carbocycles. The molecule has 11 heteroatoms. The second kappa shape index (κ2) is 10.6. The lowest BCUT2D eigenvalue weighted by molar-refractivity contribution is -0.158. The number of piperazine rings is 1. The molecule has 37 heavy (non-hydrogen) atoms. The van der Waals surface area contributed by atoms with Crippen LogP contribution < -0.4 is 4.90 Å². The number of nitrogens with zero attached hydrogens (tertiary/aromatic N) is 6. The number of amides is 1. The van der Waals surface area contributed by atoms with E-state index in [1.165, 1.54) is 4.31 Å². The number of halogens is 1. The number of pyridine rings is 1. The van der Waals surface area contributed by atoms with Crippen LogP contribution in [0.15, 0.2) is 65.8 Å². The highest BCUT2D eigenvalue weighted by Crippen LogP contribution is 2.27. The molecule has 1 amide bonds. The molecule has 3 aromatic rings. The van der Waals surface area contributed by atoms with E-state index >= 15 is 0 Å². The van der Waals surface area contributed by atoms with E-state index in [2.05, 4.69) is 16.0 Å². The summed E-state index contributed by atoms with van der Waals surface area (Å²) in [7, 11) is -3.86. The van der Waals surface area contributed by atoms with E-state index in [0.717, 1.165) is 42.4 Å². The third-order valence-electron chi connectivity index (χ3n) is 7.03. The first-order valence-electron chi connectivity index (χ1n) is 12.1. The zero-order chi connectivity index (χ0) is 26.0. The van der Waals surface area contributed by atoms with E-state index in [1.54, 1.807) is 53.8 Å². The number of benzene rings is 2. The van der Waals surface area contributed by atoms with Crippen LogP contribution in [0.3, 0.4) is 0 Å². The molecule has 0 aliphatic carbocycles. The van der Waals surface area contributed by atoms with Gasteiger partial charge in [0.1, 0.15) is 6.54 Å². The van der Waals surface area contributed by atoms with Crippen molar-refractivity contribution >= 4 is 44.0 Å². The van der Waals surface area contributed by atoms with Gasteiger partial charge in [0.25, 0.3) is 5.91 Å². The number of aromatic nitrogens is 1. The molecule has 2 aliphatic rings. The molecule has 0 N–H and O–H groups in total. The van der Waals surface area contributed by atoms with Gasteiger partial charge in [0.2, 0.25) is 10.0 Å². The minimum atomic E-state index is -3.86. The first kappa shape index (κ1) is 25.4. The van der Waals surface area contributed by atoms with E-state index < -0.39 is 10.0 Å². The maximum absolute atomic E-state index is 13.4. The van der Waals surface area contributed by atoms with E-state index in [4.69, 9.17) is 11.6 Å². The van der Waals surface area contributed by atoms with Crippen LogP contribution in [-0.2, 0) is 14.8 Å². The van der Waals surface area contributed by atoms with Crippen molar-refractivity contribution in [1.29, 1.82) is 5.26 Å². The van der Waals surface area contributed by atoms with Gasteiger partial charge in [-0.3, -0.25) is 14.8 Å². The van der Waals surface area contributed by atoms with Crippen LogP contribution in [0.2, 0.25) is 5.02 Å². The molecule has 3 heterocycles. The fourth-order valence-corrected chi connectivity index (χ4v) is 6.68. The van der Waals surface area contributed by atoms with Gasteiger partial charge in [-0.15, -0.1) is 0 Å². The van der Waals surface area contributed by atoms with Crippen LogP contribution >= 0.6 is 11.6 Å². The smallest absolute Gasteiger partial charge is 0.252 e. The standard InChI is InChI=1S/C26H27ClN6O3S/c27-22-3-1-21-18-25(4-2-20(21)17-22)37(35,36)31-15-16-33(26(34)19-31)32(14-9-28)24-7-12-30(13-8-24)23-5-10-29-11-6-23/h1-6,10-11,17-18,24H,7-8,12-16,19H2. The molecule has 0 unspecified atom stereocenters. The Labute approximate surface area is 221 Å². The molecule has 0 saturated carbocycles. The van der Waals surface area contributed by atoms with Gasteiger partial charge in [-0.25, -0.2) is 13.4 Å². The number of fused-ring (bicyclic) bond motifs is 1. The highest BCUT2D eigenvalue weighted by molar-refractivity contribution is 7.89. The van der Waals surface area contributed by atoms with Gasteiger partial charge < -0.3 is 4.90 Å². The molecule has 192 valence electrons. The first-order chi connectivity index (χ1) is 17.9. The van der Waals surface area contributed by atoms with Gasteiger partial charge in [0, 0.05) is 48.8 Å². The fourth-order valence-electron chi connectivity index (χ4n) is 5.08. The topological polar surface area (TPSA) is 101 Å². The van der Waals surface area contributed by atoms with Crippen molar-refractivity contribution in [2.75, 3.05) is 44.2 Å². The normalized spacial score (nSPS) is 17.9. The zero-order valence-electron chi connectivity index (χ0n) is 20.2. The number of sulfonamides is 1. The summed E-state index contributed by atoms with van der Waals surface area (Å²) in [5.41, 5.74) is 1.10. The molecule has 0 spiro atoms. The number of nitriles is 1. The lowest BCUT2D eigenvalue weighted by atomic mass is 10.0. The summed E-state index contributed by atoms with van der Waals surface area (Å²) in [5.74, 6) is -0.325. The Kier molecular flexibility index (Phi) is 7.31. The van der Waals surface area contributed by atoms with Crippen molar-refractivity contribution in [3.05, 3.63) is 65.9 Å². The summed E-state index contributed by atoms with van der Waals surface area (Å²) in [6.45, 7) is 1.76. The van der Waals surface area contributed by atoms with Crippen molar-refractivity contribution in [1.82, 2.24) is 19.3 Å². The highest BCUT2D eigenvalue weighted by atomic mass is 35.5. The lowest BCUT2D eigenvalue weighted by Gasteiger charge is -2.45. The van der Waals surface area contributed by atoms with E-state index in [0.29, 0.717) is 5.02 Å². The van der Waals surface area contributed by atoms with Crippen molar-refractivity contribution in [3.63, 3.8) is 0 Å². The van der Waals surface area contributed by atoms with Crippen molar-refractivity contribution < 1.29 is 13.2 Å². The van der Waals surface area contributed by atoms with Crippen LogP contribution in [0, 0.1) is 11.3 Å². The summed E-state index contributed by atoms with van der Waals surface area (Å²) < 4.78 is 28.0. The van der Waals surface area contributed by atoms with Crippen LogP contribution in [0.1, 0.15) is 12.8 Å². The summed E-state index contributed by atoms with van der Waals surface area (Å²) >= 11 is 6.04. The van der Waals surface area contributed by atoms with Gasteiger partial charge in [0.15, 0.2) is 0 Å². The molecule has 0 atom stereocenters. The molecule has 5 rings (SSSR count). The fraction of sp³-hybridized carbons (Fsp3) is 0.346. The lowest BCUT2D eigenvalue weighted by Crippen LogP contribution is -2.61. The number of hydrogen-bond donors (Lipinski definition) is 0. The largest absolute Gasteiger partial charge is 0.371 e. The third kappa shape index (κ3) is 5.26. The van der Waals surface area contributed by atoms with E-state index in [-0.39, 0.29) is 43.0 Å². The SMILES string of the molecule is N#CCN(C1CCN(c2ccncc2)CC1)N1CCN(S(=O)(=O)c2ccc3cc(Cl)ccc3c2)CC1=O. The van der Waals surface area contributed by atoms with Crippen molar-refractivity contribution in [2.24, 2.45) is 0 Å². The predicted molar refractivity (Wildman–Crippen MR) is 141 cm³/mol. The third-order valence-corrected chi connectivity index (χ3v) is 9.11. The van der Waals surface area contributed by atoms with E-state index in [1.807, 2.05) is 17.1 Å². The average Bonchev–Trinajstić information content (AvgIpc) is 2.92. The molecule has 2 aliphatic heterocycles.